The molecule has 86 valence electrons. The molecule has 0 unspecified atom stereocenters. The fourth-order valence-electron chi connectivity index (χ4n) is 1.05. The van der Waals surface area contributed by atoms with Gasteiger partial charge >= 0.3 is 5.97 Å². The molecule has 2 heteroatoms. The van der Waals surface area contributed by atoms with Gasteiger partial charge in [0.05, 0.1) is 0 Å². The molecule has 0 bridgehead atoms. The number of carbonyl (C=O) groups is 1. The van der Waals surface area contributed by atoms with Crippen molar-refractivity contribution in [3.8, 4) is 0 Å². The lowest BCUT2D eigenvalue weighted by atomic mass is 10.1. The molecular formula is C13H22O2. The Bertz CT molecular complexity index is 249. The molecule has 0 saturated heterocycles. The Hall–Kier alpha value is -1.05. The minimum atomic E-state index is -0.132. The second-order valence-electron chi connectivity index (χ2n) is 3.74. The van der Waals surface area contributed by atoms with Gasteiger partial charge in [-0.05, 0) is 39.2 Å². The summed E-state index contributed by atoms with van der Waals surface area (Å²) in [5, 5.41) is 0. The summed E-state index contributed by atoms with van der Waals surface area (Å²) in [5.41, 5.74) is 2.52. The highest BCUT2D eigenvalue weighted by atomic mass is 16.5. The fourth-order valence-corrected chi connectivity index (χ4v) is 1.05. The van der Waals surface area contributed by atoms with Crippen LogP contribution in [-0.2, 0) is 9.53 Å². The average molecular weight is 210 g/mol. The van der Waals surface area contributed by atoms with Crippen molar-refractivity contribution in [1.29, 1.82) is 0 Å². The van der Waals surface area contributed by atoms with E-state index in [1.54, 1.807) is 6.92 Å². The van der Waals surface area contributed by atoms with Crippen LogP contribution < -0.4 is 0 Å². The van der Waals surface area contributed by atoms with Crippen LogP contribution in [0.25, 0.3) is 0 Å². The van der Waals surface area contributed by atoms with E-state index in [4.69, 9.17) is 4.74 Å². The van der Waals surface area contributed by atoms with E-state index in [2.05, 4.69) is 26.0 Å². The fraction of sp³-hybridized carbons (Fsp3) is 0.615. The standard InChI is InChI=1S/C13H22O2/c1-5-11(3)8-7-9-12(4)10-15-13(14)6-2/h5,9H,6-8,10H2,1-4H3/b11-5+,12-9+. The summed E-state index contributed by atoms with van der Waals surface area (Å²) in [5.74, 6) is -0.132. The topological polar surface area (TPSA) is 26.3 Å². The molecule has 0 aromatic rings. The highest BCUT2D eigenvalue weighted by molar-refractivity contribution is 5.69. The molecule has 0 fully saturated rings. The zero-order chi connectivity index (χ0) is 11.7. The lowest BCUT2D eigenvalue weighted by Crippen LogP contribution is -2.04. The molecule has 0 heterocycles. The first-order valence-corrected chi connectivity index (χ1v) is 5.53. The van der Waals surface area contributed by atoms with Gasteiger partial charge in [0, 0.05) is 6.42 Å². The van der Waals surface area contributed by atoms with Crippen molar-refractivity contribution in [1.82, 2.24) is 0 Å². The van der Waals surface area contributed by atoms with Crippen LogP contribution in [0.2, 0.25) is 0 Å². The Morgan fingerprint density at radius 3 is 2.47 bits per heavy atom. The molecule has 0 aromatic heterocycles. The highest BCUT2D eigenvalue weighted by Crippen LogP contribution is 2.06. The van der Waals surface area contributed by atoms with Crippen LogP contribution in [0.3, 0.4) is 0 Å². The van der Waals surface area contributed by atoms with Crippen molar-refractivity contribution in [2.24, 2.45) is 0 Å². The van der Waals surface area contributed by atoms with Gasteiger partial charge < -0.3 is 4.74 Å². The molecule has 0 rings (SSSR count). The van der Waals surface area contributed by atoms with Crippen molar-refractivity contribution in [3.63, 3.8) is 0 Å². The minimum absolute atomic E-state index is 0.132. The van der Waals surface area contributed by atoms with E-state index in [0.29, 0.717) is 13.0 Å². The second kappa shape index (κ2) is 8.27. The maximum Gasteiger partial charge on any atom is 0.305 e. The van der Waals surface area contributed by atoms with Crippen LogP contribution in [0.5, 0.6) is 0 Å². The summed E-state index contributed by atoms with van der Waals surface area (Å²) in [4.78, 5) is 10.9. The molecule has 0 N–H and O–H groups in total. The van der Waals surface area contributed by atoms with Crippen LogP contribution in [0.1, 0.15) is 47.0 Å². The van der Waals surface area contributed by atoms with E-state index in [1.165, 1.54) is 5.57 Å². The molecule has 0 saturated carbocycles. The van der Waals surface area contributed by atoms with Crippen molar-refractivity contribution < 1.29 is 9.53 Å². The van der Waals surface area contributed by atoms with Crippen molar-refractivity contribution >= 4 is 5.97 Å². The Balaban J connectivity index is 3.75. The van der Waals surface area contributed by atoms with Gasteiger partial charge in [-0.15, -0.1) is 0 Å². The first-order chi connectivity index (χ1) is 7.10. The normalized spacial score (nSPS) is 12.8. The average Bonchev–Trinajstić information content (AvgIpc) is 2.25. The smallest absolute Gasteiger partial charge is 0.305 e. The molecule has 2 nitrogen and oxygen atoms in total. The minimum Gasteiger partial charge on any atom is -0.461 e. The summed E-state index contributed by atoms with van der Waals surface area (Å²) < 4.78 is 5.01. The van der Waals surface area contributed by atoms with E-state index in [9.17, 15) is 4.79 Å². The van der Waals surface area contributed by atoms with E-state index < -0.39 is 0 Å². The van der Waals surface area contributed by atoms with Crippen LogP contribution in [-0.4, -0.2) is 12.6 Å². The van der Waals surface area contributed by atoms with Crippen LogP contribution in [0.15, 0.2) is 23.3 Å². The van der Waals surface area contributed by atoms with Crippen LogP contribution in [0, 0.1) is 0 Å². The van der Waals surface area contributed by atoms with E-state index in [0.717, 1.165) is 18.4 Å². The first-order valence-electron chi connectivity index (χ1n) is 5.53. The predicted molar refractivity (Wildman–Crippen MR) is 63.7 cm³/mol. The number of ether oxygens (including phenoxy) is 1. The van der Waals surface area contributed by atoms with Crippen molar-refractivity contribution in [2.45, 2.75) is 47.0 Å². The Morgan fingerprint density at radius 1 is 1.27 bits per heavy atom. The van der Waals surface area contributed by atoms with E-state index >= 15 is 0 Å². The lowest BCUT2D eigenvalue weighted by Gasteiger charge is -2.03. The maximum absolute atomic E-state index is 10.9. The third-order valence-corrected chi connectivity index (χ3v) is 2.27. The van der Waals surface area contributed by atoms with Gasteiger partial charge in [0.15, 0.2) is 0 Å². The second-order valence-corrected chi connectivity index (χ2v) is 3.74. The van der Waals surface area contributed by atoms with Gasteiger partial charge in [0.1, 0.15) is 6.61 Å². The molecule has 0 radical (unpaired) electrons. The molecule has 0 aliphatic heterocycles. The molecule has 0 aromatic carbocycles. The van der Waals surface area contributed by atoms with Gasteiger partial charge in [-0.3, -0.25) is 4.79 Å². The number of esters is 1. The van der Waals surface area contributed by atoms with Gasteiger partial charge in [-0.25, -0.2) is 0 Å². The molecule has 0 amide bonds. The molecular weight excluding hydrogens is 188 g/mol. The zero-order valence-electron chi connectivity index (χ0n) is 10.3. The SMILES string of the molecule is C/C=C(\C)CC/C=C(\C)COC(=O)CC. The number of hydrogen-bond donors (Lipinski definition) is 0. The van der Waals surface area contributed by atoms with Gasteiger partial charge in [0.2, 0.25) is 0 Å². The summed E-state index contributed by atoms with van der Waals surface area (Å²) in [6.07, 6.45) is 6.81. The molecule has 0 aliphatic carbocycles. The van der Waals surface area contributed by atoms with Crippen LogP contribution in [0.4, 0.5) is 0 Å². The van der Waals surface area contributed by atoms with Gasteiger partial charge in [-0.1, -0.05) is 24.6 Å². The Labute approximate surface area is 93.0 Å². The number of hydrogen-bond acceptors (Lipinski definition) is 2. The lowest BCUT2D eigenvalue weighted by molar-refractivity contribution is -0.142. The number of carbonyl (C=O) groups excluding carboxylic acids is 1. The molecule has 15 heavy (non-hydrogen) atoms. The summed E-state index contributed by atoms with van der Waals surface area (Å²) >= 11 is 0. The van der Waals surface area contributed by atoms with Crippen LogP contribution >= 0.6 is 0 Å². The highest BCUT2D eigenvalue weighted by Gasteiger charge is 1.98. The van der Waals surface area contributed by atoms with Crippen molar-refractivity contribution in [3.05, 3.63) is 23.3 Å². The third-order valence-electron chi connectivity index (χ3n) is 2.27. The Kier molecular flexibility index (Phi) is 7.69. The number of rotatable bonds is 6. The van der Waals surface area contributed by atoms with Crippen molar-refractivity contribution in [2.75, 3.05) is 6.61 Å². The van der Waals surface area contributed by atoms with E-state index in [1.807, 2.05) is 6.92 Å². The summed E-state index contributed by atoms with van der Waals surface area (Å²) in [6.45, 7) is 8.40. The molecule has 0 aliphatic rings. The summed E-state index contributed by atoms with van der Waals surface area (Å²) in [6, 6.07) is 0. The van der Waals surface area contributed by atoms with E-state index in [-0.39, 0.29) is 5.97 Å². The van der Waals surface area contributed by atoms with Gasteiger partial charge in [-0.2, -0.15) is 0 Å². The molecule has 0 atom stereocenters. The molecule has 0 spiro atoms. The Morgan fingerprint density at radius 2 is 1.93 bits per heavy atom. The first kappa shape index (κ1) is 13.9. The zero-order valence-corrected chi connectivity index (χ0v) is 10.3. The largest absolute Gasteiger partial charge is 0.461 e. The quantitative estimate of drug-likeness (QED) is 0.494. The maximum atomic E-state index is 10.9. The monoisotopic (exact) mass is 210 g/mol. The van der Waals surface area contributed by atoms with Gasteiger partial charge in [0.25, 0.3) is 0 Å². The predicted octanol–water partition coefficient (Wildman–Crippen LogP) is 3.63. The number of allylic oxidation sites excluding steroid dienone is 3. The third kappa shape index (κ3) is 7.98. The summed E-state index contributed by atoms with van der Waals surface area (Å²) in [7, 11) is 0.